The zero-order chi connectivity index (χ0) is 11.6. The van der Waals surface area contributed by atoms with Crippen LogP contribution in [0, 0.1) is 0 Å². The van der Waals surface area contributed by atoms with Gasteiger partial charge >= 0.3 is 0 Å². The van der Waals surface area contributed by atoms with Crippen molar-refractivity contribution in [2.45, 2.75) is 37.8 Å². The average molecular weight is 231 g/mol. The predicted molar refractivity (Wildman–Crippen MR) is 63.8 cm³/mol. The van der Waals surface area contributed by atoms with Crippen LogP contribution in [0.2, 0.25) is 0 Å². The van der Waals surface area contributed by atoms with E-state index in [9.17, 15) is 0 Å². The van der Waals surface area contributed by atoms with Crippen LogP contribution in [0.1, 0.15) is 25.7 Å². The molecule has 2 unspecified atom stereocenters. The van der Waals surface area contributed by atoms with Crippen molar-refractivity contribution in [3.63, 3.8) is 0 Å². The minimum Gasteiger partial charge on any atom is -0.382 e. The van der Waals surface area contributed by atoms with Crippen LogP contribution in [0.15, 0.2) is 0 Å². The van der Waals surface area contributed by atoms with E-state index in [1.807, 2.05) is 0 Å². The summed E-state index contributed by atoms with van der Waals surface area (Å²) in [6.07, 6.45) is 5.31. The number of methoxy groups -OCH3 is 2. The molecular formula is C12H25NO3. The van der Waals surface area contributed by atoms with E-state index < -0.39 is 0 Å². The Morgan fingerprint density at radius 1 is 1.12 bits per heavy atom. The van der Waals surface area contributed by atoms with E-state index in [1.54, 1.807) is 14.2 Å². The Morgan fingerprint density at radius 3 is 2.75 bits per heavy atom. The molecule has 1 N–H and O–H groups in total. The summed E-state index contributed by atoms with van der Waals surface area (Å²) in [4.78, 5) is 0. The van der Waals surface area contributed by atoms with E-state index in [1.165, 1.54) is 19.3 Å². The summed E-state index contributed by atoms with van der Waals surface area (Å²) < 4.78 is 15.7. The molecule has 1 saturated carbocycles. The number of hydrogen-bond donors (Lipinski definition) is 1. The van der Waals surface area contributed by atoms with E-state index in [4.69, 9.17) is 14.2 Å². The average Bonchev–Trinajstić information content (AvgIpc) is 2.34. The third kappa shape index (κ3) is 5.80. The van der Waals surface area contributed by atoms with Gasteiger partial charge in [-0.15, -0.1) is 0 Å². The Balaban J connectivity index is 1.95. The van der Waals surface area contributed by atoms with Crippen LogP contribution < -0.4 is 5.32 Å². The highest BCUT2D eigenvalue weighted by atomic mass is 16.5. The van der Waals surface area contributed by atoms with E-state index >= 15 is 0 Å². The highest BCUT2D eigenvalue weighted by Gasteiger charge is 2.20. The predicted octanol–water partition coefficient (Wildman–Crippen LogP) is 1.20. The summed E-state index contributed by atoms with van der Waals surface area (Å²) in [6.45, 7) is 3.04. The molecule has 4 nitrogen and oxygen atoms in total. The molecule has 0 aromatic rings. The normalized spacial score (nSPS) is 25.9. The monoisotopic (exact) mass is 231 g/mol. The van der Waals surface area contributed by atoms with Gasteiger partial charge in [-0.3, -0.25) is 0 Å². The molecule has 2 atom stereocenters. The van der Waals surface area contributed by atoms with Crippen LogP contribution in [0.3, 0.4) is 0 Å². The molecule has 0 radical (unpaired) electrons. The van der Waals surface area contributed by atoms with E-state index in [0.29, 0.717) is 25.4 Å². The molecular weight excluding hydrogens is 206 g/mol. The first-order valence-electron chi connectivity index (χ1n) is 6.19. The Bertz CT molecular complexity index is 166. The van der Waals surface area contributed by atoms with Crippen molar-refractivity contribution in [1.29, 1.82) is 0 Å². The maximum atomic E-state index is 5.40. The molecule has 0 amide bonds. The Hall–Kier alpha value is -0.160. The van der Waals surface area contributed by atoms with Crippen molar-refractivity contribution >= 4 is 0 Å². The van der Waals surface area contributed by atoms with Crippen molar-refractivity contribution in [2.75, 3.05) is 40.6 Å². The second kappa shape index (κ2) is 8.93. The Kier molecular flexibility index (Phi) is 7.76. The summed E-state index contributed by atoms with van der Waals surface area (Å²) in [7, 11) is 3.50. The van der Waals surface area contributed by atoms with Crippen LogP contribution >= 0.6 is 0 Å². The molecule has 0 aromatic carbocycles. The summed E-state index contributed by atoms with van der Waals surface area (Å²) in [5, 5.41) is 3.52. The van der Waals surface area contributed by atoms with Crippen molar-refractivity contribution in [2.24, 2.45) is 0 Å². The van der Waals surface area contributed by atoms with Gasteiger partial charge in [0.25, 0.3) is 0 Å². The van der Waals surface area contributed by atoms with E-state index in [2.05, 4.69) is 5.32 Å². The summed E-state index contributed by atoms with van der Waals surface area (Å²) in [5.74, 6) is 0. The van der Waals surface area contributed by atoms with Crippen molar-refractivity contribution in [3.05, 3.63) is 0 Å². The quantitative estimate of drug-likeness (QED) is 0.637. The number of nitrogens with one attached hydrogen (secondary N) is 1. The maximum Gasteiger partial charge on any atom is 0.0700 e. The lowest BCUT2D eigenvalue weighted by molar-refractivity contribution is 0.0518. The molecule has 1 aliphatic rings. The molecule has 0 spiro atoms. The smallest absolute Gasteiger partial charge is 0.0700 e. The zero-order valence-corrected chi connectivity index (χ0v) is 10.5. The fourth-order valence-electron chi connectivity index (χ4n) is 2.12. The number of hydrogen-bond acceptors (Lipinski definition) is 4. The molecule has 0 heterocycles. The molecule has 96 valence electrons. The van der Waals surface area contributed by atoms with Gasteiger partial charge in [0.15, 0.2) is 0 Å². The second-order valence-electron chi connectivity index (χ2n) is 4.28. The minimum atomic E-state index is 0.445. The second-order valence-corrected chi connectivity index (χ2v) is 4.28. The third-order valence-electron chi connectivity index (χ3n) is 3.07. The van der Waals surface area contributed by atoms with Gasteiger partial charge in [-0.05, 0) is 25.7 Å². The van der Waals surface area contributed by atoms with Gasteiger partial charge in [-0.2, -0.15) is 0 Å². The van der Waals surface area contributed by atoms with Gasteiger partial charge in [0.05, 0.1) is 25.9 Å². The van der Waals surface area contributed by atoms with Crippen LogP contribution in [-0.4, -0.2) is 52.7 Å². The molecule has 4 heteroatoms. The standard InChI is InChI=1S/C12H25NO3/c1-14-8-9-16-7-6-13-11-4-3-5-12(10-11)15-2/h11-13H,3-10H2,1-2H3. The fraction of sp³-hybridized carbons (Fsp3) is 1.00. The molecule has 1 fully saturated rings. The first-order chi connectivity index (χ1) is 7.86. The lowest BCUT2D eigenvalue weighted by Crippen LogP contribution is -2.38. The van der Waals surface area contributed by atoms with Gasteiger partial charge in [0, 0.05) is 26.8 Å². The maximum absolute atomic E-state index is 5.40. The topological polar surface area (TPSA) is 39.7 Å². The molecule has 0 saturated heterocycles. The van der Waals surface area contributed by atoms with E-state index in [-0.39, 0.29) is 0 Å². The number of ether oxygens (including phenoxy) is 3. The van der Waals surface area contributed by atoms with Crippen LogP contribution in [-0.2, 0) is 14.2 Å². The Labute approximate surface area is 98.6 Å². The summed E-state index contributed by atoms with van der Waals surface area (Å²) in [5.41, 5.74) is 0. The van der Waals surface area contributed by atoms with Gasteiger partial charge in [0.1, 0.15) is 0 Å². The van der Waals surface area contributed by atoms with Crippen LogP contribution in [0.25, 0.3) is 0 Å². The molecule has 0 aromatic heterocycles. The molecule has 0 aliphatic heterocycles. The molecule has 1 aliphatic carbocycles. The minimum absolute atomic E-state index is 0.445. The van der Waals surface area contributed by atoms with Crippen LogP contribution in [0.4, 0.5) is 0 Å². The first-order valence-corrected chi connectivity index (χ1v) is 6.19. The fourth-order valence-corrected chi connectivity index (χ4v) is 2.12. The Morgan fingerprint density at radius 2 is 2.00 bits per heavy atom. The summed E-state index contributed by atoms with van der Waals surface area (Å²) >= 11 is 0. The van der Waals surface area contributed by atoms with Gasteiger partial charge in [-0.1, -0.05) is 0 Å². The highest BCUT2D eigenvalue weighted by Crippen LogP contribution is 2.20. The molecule has 0 bridgehead atoms. The van der Waals surface area contributed by atoms with Crippen molar-refractivity contribution < 1.29 is 14.2 Å². The SMILES string of the molecule is COCCOCCNC1CCCC(OC)C1. The van der Waals surface area contributed by atoms with Gasteiger partial charge < -0.3 is 19.5 Å². The van der Waals surface area contributed by atoms with Gasteiger partial charge in [-0.25, -0.2) is 0 Å². The van der Waals surface area contributed by atoms with Crippen LogP contribution in [0.5, 0.6) is 0 Å². The molecule has 16 heavy (non-hydrogen) atoms. The largest absolute Gasteiger partial charge is 0.382 e. The lowest BCUT2D eigenvalue weighted by Gasteiger charge is -2.28. The zero-order valence-electron chi connectivity index (χ0n) is 10.5. The summed E-state index contributed by atoms with van der Waals surface area (Å²) in [6, 6.07) is 0.602. The first kappa shape index (κ1) is 13.9. The van der Waals surface area contributed by atoms with Gasteiger partial charge in [0.2, 0.25) is 0 Å². The number of rotatable bonds is 8. The van der Waals surface area contributed by atoms with E-state index in [0.717, 1.165) is 19.6 Å². The lowest BCUT2D eigenvalue weighted by atomic mass is 9.93. The van der Waals surface area contributed by atoms with Crippen molar-refractivity contribution in [3.8, 4) is 0 Å². The van der Waals surface area contributed by atoms with Crippen molar-refractivity contribution in [1.82, 2.24) is 5.32 Å². The highest BCUT2D eigenvalue weighted by molar-refractivity contribution is 4.77. The third-order valence-corrected chi connectivity index (χ3v) is 3.07. The molecule has 1 rings (SSSR count).